The number of aryl methyl sites for hydroxylation is 2. The number of furan rings is 1. The monoisotopic (exact) mass is 229 g/mol. The fourth-order valence-electron chi connectivity index (χ4n) is 0.916. The van der Waals surface area contributed by atoms with Gasteiger partial charge in [0, 0.05) is 0 Å². The first-order valence-corrected chi connectivity index (χ1v) is 3.71. The molecule has 2 nitrogen and oxygen atoms in total. The van der Waals surface area contributed by atoms with E-state index in [1.165, 1.54) is 6.07 Å². The van der Waals surface area contributed by atoms with Gasteiger partial charge in [-0.25, -0.2) is 0 Å². The summed E-state index contributed by atoms with van der Waals surface area (Å²) >= 11 is 0. The number of alkyl halides is 3. The average molecular weight is 230 g/mol. The highest BCUT2D eigenvalue weighted by Gasteiger charge is 2.40. The molecule has 1 aromatic heterocycles. The predicted octanol–water partition coefficient (Wildman–Crippen LogP) is 2.88. The van der Waals surface area contributed by atoms with E-state index in [1.54, 1.807) is 13.8 Å². The van der Waals surface area contributed by atoms with Crippen molar-refractivity contribution >= 4 is 12.4 Å². The largest absolute Gasteiger partial charge is 0.464 e. The van der Waals surface area contributed by atoms with E-state index in [9.17, 15) is 13.2 Å². The molecule has 0 saturated heterocycles. The minimum Gasteiger partial charge on any atom is -0.464 e. The quantitative estimate of drug-likeness (QED) is 0.804. The average Bonchev–Trinajstić information content (AvgIpc) is 2.29. The number of rotatable bonds is 1. The lowest BCUT2D eigenvalue weighted by Gasteiger charge is -2.12. The van der Waals surface area contributed by atoms with Crippen molar-refractivity contribution in [3.8, 4) is 0 Å². The second kappa shape index (κ2) is 4.23. The zero-order valence-corrected chi connectivity index (χ0v) is 8.50. The molecule has 1 heterocycles. The summed E-state index contributed by atoms with van der Waals surface area (Å²) in [6, 6.07) is -0.715. The van der Waals surface area contributed by atoms with Gasteiger partial charge in [-0.1, -0.05) is 0 Å². The Kier molecular flexibility index (Phi) is 4.02. The van der Waals surface area contributed by atoms with Crippen molar-refractivity contribution < 1.29 is 17.6 Å². The molecule has 0 radical (unpaired) electrons. The first kappa shape index (κ1) is 13.3. The van der Waals surface area contributed by atoms with Crippen LogP contribution in [0.5, 0.6) is 0 Å². The number of hydrogen-bond donors (Lipinski definition) is 1. The van der Waals surface area contributed by atoms with Crippen molar-refractivity contribution in [2.75, 3.05) is 0 Å². The Morgan fingerprint density at radius 3 is 2.14 bits per heavy atom. The Balaban J connectivity index is 0.00000169. The van der Waals surface area contributed by atoms with Crippen LogP contribution >= 0.6 is 12.4 Å². The molecule has 0 saturated carbocycles. The number of nitrogens with two attached hydrogens (primary N) is 1. The molecule has 0 aliphatic carbocycles. The molecule has 0 spiro atoms. The van der Waals surface area contributed by atoms with Crippen LogP contribution in [-0.2, 0) is 0 Å². The van der Waals surface area contributed by atoms with Crippen LogP contribution in [0.2, 0.25) is 0 Å². The Hall–Kier alpha value is -0.680. The Morgan fingerprint density at radius 1 is 1.36 bits per heavy atom. The van der Waals surface area contributed by atoms with Gasteiger partial charge in [0.15, 0.2) is 6.04 Å². The van der Waals surface area contributed by atoms with Gasteiger partial charge in [0.05, 0.1) is 0 Å². The summed E-state index contributed by atoms with van der Waals surface area (Å²) in [6.07, 6.45) is -4.45. The molecule has 1 aromatic rings. The van der Waals surface area contributed by atoms with Gasteiger partial charge < -0.3 is 10.2 Å². The van der Waals surface area contributed by atoms with Crippen molar-refractivity contribution in [2.24, 2.45) is 5.73 Å². The normalized spacial score (nSPS) is 13.6. The van der Waals surface area contributed by atoms with Crippen LogP contribution in [0.1, 0.15) is 23.1 Å². The minimum atomic E-state index is -4.45. The van der Waals surface area contributed by atoms with E-state index >= 15 is 0 Å². The van der Waals surface area contributed by atoms with Crippen LogP contribution in [0.15, 0.2) is 10.5 Å². The Labute approximate surface area is 85.7 Å². The third kappa shape index (κ3) is 2.65. The maximum Gasteiger partial charge on any atom is 0.410 e. The predicted molar refractivity (Wildman–Crippen MR) is 48.4 cm³/mol. The van der Waals surface area contributed by atoms with Crippen LogP contribution in [-0.4, -0.2) is 6.18 Å². The molecule has 0 fully saturated rings. The van der Waals surface area contributed by atoms with E-state index in [1.807, 2.05) is 0 Å². The summed E-state index contributed by atoms with van der Waals surface area (Å²) < 4.78 is 41.1. The minimum absolute atomic E-state index is 0. The van der Waals surface area contributed by atoms with Gasteiger partial charge in [-0.05, 0) is 25.5 Å². The Bertz CT molecular complexity index is 289. The molecule has 1 atom stereocenters. The summed E-state index contributed by atoms with van der Waals surface area (Å²) in [5, 5.41) is 0. The van der Waals surface area contributed by atoms with Gasteiger partial charge in [-0.2, -0.15) is 13.2 Å². The van der Waals surface area contributed by atoms with Gasteiger partial charge in [-0.3, -0.25) is 0 Å². The molecule has 0 bridgehead atoms. The molecule has 14 heavy (non-hydrogen) atoms. The smallest absolute Gasteiger partial charge is 0.410 e. The zero-order valence-electron chi connectivity index (χ0n) is 7.68. The van der Waals surface area contributed by atoms with Crippen molar-refractivity contribution in [3.05, 3.63) is 23.2 Å². The topological polar surface area (TPSA) is 39.2 Å². The first-order valence-electron chi connectivity index (χ1n) is 3.71. The molecular weight excluding hydrogens is 219 g/mol. The fraction of sp³-hybridized carbons (Fsp3) is 0.500. The van der Waals surface area contributed by atoms with E-state index < -0.39 is 12.2 Å². The molecule has 0 unspecified atom stereocenters. The van der Waals surface area contributed by atoms with Gasteiger partial charge >= 0.3 is 6.18 Å². The van der Waals surface area contributed by atoms with Crippen molar-refractivity contribution in [1.82, 2.24) is 0 Å². The third-order valence-electron chi connectivity index (χ3n) is 1.84. The van der Waals surface area contributed by atoms with E-state index in [0.717, 1.165) is 0 Å². The van der Waals surface area contributed by atoms with Crippen molar-refractivity contribution in [3.63, 3.8) is 0 Å². The van der Waals surface area contributed by atoms with Crippen LogP contribution in [0, 0.1) is 13.8 Å². The molecule has 2 N–H and O–H groups in total. The molecule has 1 rings (SSSR count). The second-order valence-electron chi connectivity index (χ2n) is 2.91. The van der Waals surface area contributed by atoms with E-state index in [2.05, 4.69) is 0 Å². The second-order valence-corrected chi connectivity index (χ2v) is 2.91. The molecule has 6 heteroatoms. The number of hydrogen-bond acceptors (Lipinski definition) is 2. The summed E-state index contributed by atoms with van der Waals surface area (Å²) in [7, 11) is 0. The Morgan fingerprint density at radius 2 is 1.86 bits per heavy atom. The SMILES string of the molecule is Cc1cc([C@@H](N)C(F)(F)F)oc1C.Cl. The molecule has 82 valence electrons. The lowest BCUT2D eigenvalue weighted by molar-refractivity contribution is -0.152. The van der Waals surface area contributed by atoms with E-state index in [-0.39, 0.29) is 18.2 Å². The van der Waals surface area contributed by atoms with Crippen molar-refractivity contribution in [1.29, 1.82) is 0 Å². The first-order chi connectivity index (χ1) is 5.82. The maximum atomic E-state index is 12.1. The standard InChI is InChI=1S/C8H10F3NO.ClH/c1-4-3-6(13-5(4)2)7(12)8(9,10)11;/h3,7H,12H2,1-2H3;1H/t7-;/m1./s1. The highest BCUT2D eigenvalue weighted by molar-refractivity contribution is 5.85. The van der Waals surface area contributed by atoms with Crippen molar-refractivity contribution in [2.45, 2.75) is 26.1 Å². The summed E-state index contributed by atoms with van der Waals surface area (Å²) in [5.74, 6) is 0.234. The summed E-state index contributed by atoms with van der Waals surface area (Å²) in [6.45, 7) is 3.27. The highest BCUT2D eigenvalue weighted by atomic mass is 35.5. The molecule has 0 amide bonds. The van der Waals surface area contributed by atoms with Gasteiger partial charge in [0.25, 0.3) is 0 Å². The lowest BCUT2D eigenvalue weighted by atomic mass is 10.2. The van der Waals surface area contributed by atoms with Crippen LogP contribution in [0.3, 0.4) is 0 Å². The van der Waals surface area contributed by atoms with E-state index in [4.69, 9.17) is 10.2 Å². The van der Waals surface area contributed by atoms with Gasteiger partial charge in [-0.15, -0.1) is 12.4 Å². The maximum absolute atomic E-state index is 12.1. The zero-order chi connectivity index (χ0) is 10.2. The van der Waals surface area contributed by atoms with E-state index in [0.29, 0.717) is 11.3 Å². The fourth-order valence-corrected chi connectivity index (χ4v) is 0.916. The van der Waals surface area contributed by atoms with Crippen LogP contribution < -0.4 is 5.73 Å². The van der Waals surface area contributed by atoms with Crippen LogP contribution in [0.4, 0.5) is 13.2 Å². The third-order valence-corrected chi connectivity index (χ3v) is 1.84. The van der Waals surface area contributed by atoms with Crippen LogP contribution in [0.25, 0.3) is 0 Å². The number of halogens is 4. The summed E-state index contributed by atoms with van der Waals surface area (Å²) in [4.78, 5) is 0. The molecular formula is C8H11ClF3NO. The highest BCUT2D eigenvalue weighted by Crippen LogP contribution is 2.32. The van der Waals surface area contributed by atoms with Gasteiger partial charge in [0.1, 0.15) is 11.5 Å². The molecule has 0 aromatic carbocycles. The lowest BCUT2D eigenvalue weighted by Crippen LogP contribution is -2.27. The van der Waals surface area contributed by atoms with Gasteiger partial charge in [0.2, 0.25) is 0 Å². The molecule has 0 aliphatic heterocycles. The summed E-state index contributed by atoms with van der Waals surface area (Å²) in [5.41, 5.74) is 5.61. The molecule has 0 aliphatic rings.